The molecule has 7 nitrogen and oxygen atoms in total. The number of anilines is 1. The molecule has 0 unspecified atom stereocenters. The van der Waals surface area contributed by atoms with Gasteiger partial charge in [0, 0.05) is 12.6 Å². The summed E-state index contributed by atoms with van der Waals surface area (Å²) in [5.41, 5.74) is 0.464. The lowest BCUT2D eigenvalue weighted by atomic mass is 9.85. The standard InChI is InChI=1S/C24H26Cl2N4O3.ClH/c1-14-12-15(10-11-33-14)30-20(31)13-24(2,29-23(30)27)17-7-5-9-19(21(17)26)28-22(32)16-6-3-4-8-18(16)25;/h3-9,14-15H,10-13H2,1-2H3,(H2,27,29)(H,28,32);1H/t14-,15-,24+;/m1./s1. The van der Waals surface area contributed by atoms with E-state index in [1.807, 2.05) is 13.8 Å². The summed E-state index contributed by atoms with van der Waals surface area (Å²) in [6, 6.07) is 11.9. The van der Waals surface area contributed by atoms with Gasteiger partial charge < -0.3 is 15.4 Å². The minimum Gasteiger partial charge on any atom is -0.378 e. The molecular weight excluding hydrogens is 499 g/mol. The average molecular weight is 526 g/mol. The largest absolute Gasteiger partial charge is 0.378 e. The van der Waals surface area contributed by atoms with Crippen LogP contribution in [0.5, 0.6) is 0 Å². The zero-order valence-corrected chi connectivity index (χ0v) is 21.2. The lowest BCUT2D eigenvalue weighted by Gasteiger charge is -2.45. The Morgan fingerprint density at radius 1 is 1.24 bits per heavy atom. The van der Waals surface area contributed by atoms with Crippen molar-refractivity contribution in [3.8, 4) is 0 Å². The fraction of sp³-hybridized carbons (Fsp3) is 0.375. The van der Waals surface area contributed by atoms with Crippen LogP contribution in [0, 0.1) is 5.41 Å². The topological polar surface area (TPSA) is 94.5 Å². The van der Waals surface area contributed by atoms with Crippen LogP contribution in [0.25, 0.3) is 0 Å². The van der Waals surface area contributed by atoms with Crippen molar-refractivity contribution < 1.29 is 14.3 Å². The van der Waals surface area contributed by atoms with E-state index in [2.05, 4.69) is 10.6 Å². The van der Waals surface area contributed by atoms with Crippen LogP contribution in [0.2, 0.25) is 10.0 Å². The quantitative estimate of drug-likeness (QED) is 0.511. The molecule has 0 radical (unpaired) electrons. The molecule has 2 fully saturated rings. The summed E-state index contributed by atoms with van der Waals surface area (Å²) in [6.07, 6.45) is 1.56. The van der Waals surface area contributed by atoms with Gasteiger partial charge in [-0.25, -0.2) is 0 Å². The van der Waals surface area contributed by atoms with Gasteiger partial charge in [0.1, 0.15) is 0 Å². The minimum absolute atomic E-state index is 0. The van der Waals surface area contributed by atoms with Crippen LogP contribution in [-0.4, -0.2) is 41.4 Å². The zero-order valence-electron chi connectivity index (χ0n) is 18.9. The van der Waals surface area contributed by atoms with Crippen LogP contribution in [0.15, 0.2) is 42.5 Å². The molecule has 34 heavy (non-hydrogen) atoms. The molecule has 10 heteroatoms. The Hall–Kier alpha value is -2.32. The number of guanidine groups is 1. The van der Waals surface area contributed by atoms with Crippen LogP contribution >= 0.6 is 35.6 Å². The zero-order chi connectivity index (χ0) is 23.8. The van der Waals surface area contributed by atoms with Crippen LogP contribution in [0.1, 0.15) is 49.0 Å². The predicted molar refractivity (Wildman–Crippen MR) is 136 cm³/mol. The van der Waals surface area contributed by atoms with Gasteiger partial charge in [-0.05, 0) is 50.5 Å². The number of hydrogen-bond donors (Lipinski definition) is 3. The van der Waals surface area contributed by atoms with E-state index in [0.717, 1.165) is 0 Å². The minimum atomic E-state index is -0.899. The Kier molecular flexibility index (Phi) is 8.14. The number of nitrogens with one attached hydrogen (secondary N) is 3. The molecule has 2 aliphatic heterocycles. The Morgan fingerprint density at radius 3 is 2.65 bits per heavy atom. The first-order chi connectivity index (χ1) is 15.7. The number of halogens is 3. The van der Waals surface area contributed by atoms with Crippen molar-refractivity contribution >= 4 is 59.1 Å². The number of amides is 2. The Labute approximate surface area is 215 Å². The SMILES string of the molecule is C[C@@H]1C[C@H](N2C(=N)N[C@](C)(c3cccc(NC(=O)c4ccccc4Cl)c3Cl)CC2=O)CCO1.Cl. The molecule has 0 bridgehead atoms. The van der Waals surface area contributed by atoms with Gasteiger partial charge in [0.25, 0.3) is 5.91 Å². The van der Waals surface area contributed by atoms with Gasteiger partial charge in [0.2, 0.25) is 5.91 Å². The van der Waals surface area contributed by atoms with Crippen LogP contribution in [-0.2, 0) is 15.1 Å². The van der Waals surface area contributed by atoms with E-state index < -0.39 is 5.54 Å². The molecule has 2 saturated heterocycles. The normalized spacial score (nSPS) is 24.8. The van der Waals surface area contributed by atoms with Crippen LogP contribution in [0.4, 0.5) is 5.69 Å². The fourth-order valence-corrected chi connectivity index (χ4v) is 5.13. The first kappa shape index (κ1) is 26.3. The number of nitrogens with zero attached hydrogens (tertiary/aromatic N) is 1. The molecule has 0 aromatic heterocycles. The molecule has 0 spiro atoms. The number of ether oxygens (including phenoxy) is 1. The summed E-state index contributed by atoms with van der Waals surface area (Å²) >= 11 is 12.8. The summed E-state index contributed by atoms with van der Waals surface area (Å²) in [7, 11) is 0. The van der Waals surface area contributed by atoms with Crippen molar-refractivity contribution in [2.75, 3.05) is 11.9 Å². The number of carbonyl (C=O) groups excluding carboxylic acids is 2. The highest BCUT2D eigenvalue weighted by Crippen LogP contribution is 2.38. The van der Waals surface area contributed by atoms with E-state index >= 15 is 0 Å². The van der Waals surface area contributed by atoms with Crippen molar-refractivity contribution in [1.29, 1.82) is 5.41 Å². The van der Waals surface area contributed by atoms with Gasteiger partial charge in [0.15, 0.2) is 5.96 Å². The summed E-state index contributed by atoms with van der Waals surface area (Å²) in [6.45, 7) is 4.38. The van der Waals surface area contributed by atoms with E-state index in [0.29, 0.717) is 46.3 Å². The molecule has 2 amide bonds. The van der Waals surface area contributed by atoms with Crippen LogP contribution < -0.4 is 10.6 Å². The Morgan fingerprint density at radius 2 is 1.97 bits per heavy atom. The molecule has 4 rings (SSSR count). The van der Waals surface area contributed by atoms with E-state index in [1.165, 1.54) is 4.90 Å². The first-order valence-corrected chi connectivity index (χ1v) is 11.6. The van der Waals surface area contributed by atoms with E-state index in [4.69, 9.17) is 33.3 Å². The summed E-state index contributed by atoms with van der Waals surface area (Å²) in [5.74, 6) is -0.471. The number of hydrogen-bond acceptors (Lipinski definition) is 4. The van der Waals surface area contributed by atoms with Gasteiger partial charge in [-0.1, -0.05) is 47.5 Å². The van der Waals surface area contributed by atoms with Gasteiger partial charge in [-0.3, -0.25) is 19.9 Å². The highest BCUT2D eigenvalue weighted by Gasteiger charge is 2.43. The second-order valence-electron chi connectivity index (χ2n) is 8.71. The predicted octanol–water partition coefficient (Wildman–Crippen LogP) is 5.21. The second-order valence-corrected chi connectivity index (χ2v) is 9.49. The lowest BCUT2D eigenvalue weighted by Crippen LogP contribution is -2.63. The lowest BCUT2D eigenvalue weighted by molar-refractivity contribution is -0.134. The Balaban J connectivity index is 0.00000324. The number of rotatable bonds is 4. The molecule has 2 aromatic carbocycles. The van der Waals surface area contributed by atoms with Crippen molar-refractivity contribution in [1.82, 2.24) is 10.2 Å². The number of carbonyl (C=O) groups is 2. The molecule has 182 valence electrons. The molecule has 0 aliphatic carbocycles. The average Bonchev–Trinajstić information content (AvgIpc) is 2.75. The van der Waals surface area contributed by atoms with Crippen molar-refractivity contribution in [2.45, 2.75) is 50.8 Å². The second kappa shape index (κ2) is 10.5. The van der Waals surface area contributed by atoms with Gasteiger partial charge in [-0.2, -0.15) is 0 Å². The number of benzene rings is 2. The third-order valence-corrected chi connectivity index (χ3v) is 6.93. The van der Waals surface area contributed by atoms with Gasteiger partial charge in [0.05, 0.1) is 39.4 Å². The third-order valence-electron chi connectivity index (χ3n) is 6.19. The molecule has 3 atom stereocenters. The van der Waals surface area contributed by atoms with Crippen molar-refractivity contribution in [3.63, 3.8) is 0 Å². The van der Waals surface area contributed by atoms with Crippen molar-refractivity contribution in [3.05, 3.63) is 63.6 Å². The highest BCUT2D eigenvalue weighted by atomic mass is 35.5. The first-order valence-electron chi connectivity index (χ1n) is 10.8. The maximum atomic E-state index is 13.2. The summed E-state index contributed by atoms with van der Waals surface area (Å²) in [4.78, 5) is 27.4. The smallest absolute Gasteiger partial charge is 0.257 e. The highest BCUT2D eigenvalue weighted by molar-refractivity contribution is 6.36. The van der Waals surface area contributed by atoms with Crippen molar-refractivity contribution in [2.24, 2.45) is 0 Å². The maximum Gasteiger partial charge on any atom is 0.257 e. The van der Waals surface area contributed by atoms with Gasteiger partial charge >= 0.3 is 0 Å². The third kappa shape index (κ3) is 5.18. The molecular formula is C24H27Cl3N4O3. The summed E-state index contributed by atoms with van der Waals surface area (Å²) in [5, 5.41) is 15.2. The molecule has 0 saturated carbocycles. The molecule has 2 aromatic rings. The Bertz CT molecular complexity index is 1090. The monoisotopic (exact) mass is 524 g/mol. The summed E-state index contributed by atoms with van der Waals surface area (Å²) < 4.78 is 5.59. The van der Waals surface area contributed by atoms with E-state index in [-0.39, 0.29) is 48.7 Å². The molecule has 3 N–H and O–H groups in total. The van der Waals surface area contributed by atoms with Crippen LogP contribution in [0.3, 0.4) is 0 Å². The molecule has 2 aliphatic rings. The van der Waals surface area contributed by atoms with Gasteiger partial charge in [-0.15, -0.1) is 12.4 Å². The molecule has 2 heterocycles. The van der Waals surface area contributed by atoms with E-state index in [9.17, 15) is 9.59 Å². The maximum absolute atomic E-state index is 13.2. The fourth-order valence-electron chi connectivity index (χ4n) is 4.53. The van der Waals surface area contributed by atoms with E-state index in [1.54, 1.807) is 42.5 Å².